The lowest BCUT2D eigenvalue weighted by Gasteiger charge is -2.38. The summed E-state index contributed by atoms with van der Waals surface area (Å²) in [6.07, 6.45) is 2.32. The summed E-state index contributed by atoms with van der Waals surface area (Å²) in [5.74, 6) is 0.691. The minimum Gasteiger partial charge on any atom is -0.489 e. The topological polar surface area (TPSA) is 46.6 Å². The van der Waals surface area contributed by atoms with Gasteiger partial charge in [-0.3, -0.25) is 14.5 Å². The van der Waals surface area contributed by atoms with Crippen molar-refractivity contribution in [2.45, 2.75) is 45.1 Å². The molecule has 1 unspecified atom stereocenters. The predicted octanol–water partition coefficient (Wildman–Crippen LogP) is 6.76. The van der Waals surface area contributed by atoms with E-state index in [1.165, 1.54) is 0 Å². The molecule has 2 aliphatic rings. The first-order chi connectivity index (χ1) is 16.5. The summed E-state index contributed by atoms with van der Waals surface area (Å²) in [6.45, 7) is 2.44. The summed E-state index contributed by atoms with van der Waals surface area (Å²) >= 11 is 6.05. The summed E-state index contributed by atoms with van der Waals surface area (Å²) in [7, 11) is 0. The molecule has 0 fully saturated rings. The van der Waals surface area contributed by atoms with E-state index in [1.54, 1.807) is 4.90 Å². The van der Waals surface area contributed by atoms with Crippen LogP contribution in [0.5, 0.6) is 5.75 Å². The zero-order valence-corrected chi connectivity index (χ0v) is 19.8. The number of rotatable bonds is 5. The summed E-state index contributed by atoms with van der Waals surface area (Å²) in [5.41, 5.74) is 5.59. The average molecular weight is 472 g/mol. The molecule has 0 saturated heterocycles. The number of allylic oxidation sites excluding steroid dienone is 2. The molecule has 5 heteroatoms. The maximum absolute atomic E-state index is 13.3. The van der Waals surface area contributed by atoms with Crippen LogP contribution < -0.4 is 9.64 Å². The van der Waals surface area contributed by atoms with Gasteiger partial charge in [-0.1, -0.05) is 53.6 Å². The first kappa shape index (κ1) is 22.4. The van der Waals surface area contributed by atoms with Crippen molar-refractivity contribution in [1.29, 1.82) is 0 Å². The van der Waals surface area contributed by atoms with Crippen molar-refractivity contribution in [2.75, 3.05) is 4.90 Å². The predicted molar refractivity (Wildman–Crippen MR) is 134 cm³/mol. The molecule has 3 aromatic rings. The van der Waals surface area contributed by atoms with Gasteiger partial charge in [-0.05, 0) is 67.3 Å². The standard InChI is InChI=1S/C29H26ClNO3/c1-19-8-12-23(13-9-19)31-26-6-3-7-27(32)29(26)25(17-28(31)33)21-10-14-24(15-11-21)34-18-20-4-2-5-22(30)16-20/h2,4-5,8-16,25H,3,6-7,17-18H2,1H3. The zero-order chi connectivity index (χ0) is 23.7. The molecule has 0 N–H and O–H groups in total. The number of ether oxygens (including phenoxy) is 1. The largest absolute Gasteiger partial charge is 0.489 e. The van der Waals surface area contributed by atoms with E-state index < -0.39 is 0 Å². The Hall–Kier alpha value is -3.37. The highest BCUT2D eigenvalue weighted by atomic mass is 35.5. The Morgan fingerprint density at radius 1 is 0.971 bits per heavy atom. The molecule has 0 aromatic heterocycles. The monoisotopic (exact) mass is 471 g/mol. The second-order valence-electron chi connectivity index (χ2n) is 8.95. The Morgan fingerprint density at radius 2 is 1.74 bits per heavy atom. The number of amides is 1. The van der Waals surface area contributed by atoms with Crippen LogP contribution >= 0.6 is 11.6 Å². The summed E-state index contributed by atoms with van der Waals surface area (Å²) < 4.78 is 5.91. The van der Waals surface area contributed by atoms with Crippen LogP contribution in [0.15, 0.2) is 84.1 Å². The van der Waals surface area contributed by atoms with E-state index in [1.807, 2.05) is 79.7 Å². The third-order valence-electron chi connectivity index (χ3n) is 6.54. The van der Waals surface area contributed by atoms with Gasteiger partial charge in [-0.25, -0.2) is 0 Å². The number of anilines is 1. The van der Waals surface area contributed by atoms with E-state index in [2.05, 4.69) is 0 Å². The number of Topliss-reactive ketones (excluding diaryl/α,β-unsaturated/α-hetero) is 1. The molecule has 1 heterocycles. The van der Waals surface area contributed by atoms with Gasteiger partial charge >= 0.3 is 0 Å². The van der Waals surface area contributed by atoms with Crippen LogP contribution in [0.4, 0.5) is 5.69 Å². The zero-order valence-electron chi connectivity index (χ0n) is 19.1. The van der Waals surface area contributed by atoms with E-state index in [4.69, 9.17) is 16.3 Å². The van der Waals surface area contributed by atoms with Crippen molar-refractivity contribution in [3.05, 3.63) is 106 Å². The van der Waals surface area contributed by atoms with E-state index in [0.29, 0.717) is 18.1 Å². The number of hydrogen-bond donors (Lipinski definition) is 0. The van der Waals surface area contributed by atoms with E-state index in [9.17, 15) is 9.59 Å². The van der Waals surface area contributed by atoms with Gasteiger partial charge in [0, 0.05) is 40.7 Å². The minimum atomic E-state index is -0.223. The van der Waals surface area contributed by atoms with Gasteiger partial charge in [0.15, 0.2) is 5.78 Å². The number of hydrogen-bond acceptors (Lipinski definition) is 3. The number of carbonyl (C=O) groups is 2. The number of aryl methyl sites for hydroxylation is 1. The van der Waals surface area contributed by atoms with Crippen LogP contribution in [-0.4, -0.2) is 11.7 Å². The molecule has 1 amide bonds. The Bertz CT molecular complexity index is 1260. The van der Waals surface area contributed by atoms with Gasteiger partial charge < -0.3 is 4.74 Å². The second-order valence-corrected chi connectivity index (χ2v) is 9.38. The van der Waals surface area contributed by atoms with E-state index in [-0.39, 0.29) is 24.0 Å². The number of benzene rings is 3. The molecule has 3 aromatic carbocycles. The average Bonchev–Trinajstić information content (AvgIpc) is 2.84. The Labute approximate surface area is 204 Å². The Kier molecular flexibility index (Phi) is 6.25. The van der Waals surface area contributed by atoms with Crippen molar-refractivity contribution in [3.63, 3.8) is 0 Å². The van der Waals surface area contributed by atoms with Gasteiger partial charge in [-0.2, -0.15) is 0 Å². The van der Waals surface area contributed by atoms with Gasteiger partial charge in [-0.15, -0.1) is 0 Å². The van der Waals surface area contributed by atoms with Crippen LogP contribution in [0.25, 0.3) is 0 Å². The number of carbonyl (C=O) groups excluding carboxylic acids is 2. The van der Waals surface area contributed by atoms with Gasteiger partial charge in [0.1, 0.15) is 12.4 Å². The molecule has 1 aliphatic heterocycles. The van der Waals surface area contributed by atoms with Crippen molar-refractivity contribution in [1.82, 2.24) is 0 Å². The van der Waals surface area contributed by atoms with Gasteiger partial charge in [0.25, 0.3) is 0 Å². The molecule has 0 spiro atoms. The fourth-order valence-corrected chi connectivity index (χ4v) is 5.07. The molecule has 4 nitrogen and oxygen atoms in total. The van der Waals surface area contributed by atoms with Crippen molar-refractivity contribution >= 4 is 29.0 Å². The van der Waals surface area contributed by atoms with Gasteiger partial charge in [0.2, 0.25) is 5.91 Å². The van der Waals surface area contributed by atoms with Crippen LogP contribution in [0.2, 0.25) is 5.02 Å². The highest BCUT2D eigenvalue weighted by molar-refractivity contribution is 6.30. The van der Waals surface area contributed by atoms with Crippen LogP contribution in [0.3, 0.4) is 0 Å². The molecule has 1 atom stereocenters. The molecular formula is C29H26ClNO3. The normalized spacial score (nSPS) is 18.2. The maximum Gasteiger partial charge on any atom is 0.232 e. The number of halogens is 1. The summed E-state index contributed by atoms with van der Waals surface area (Å²) in [6, 6.07) is 23.3. The van der Waals surface area contributed by atoms with Crippen LogP contribution in [0, 0.1) is 6.92 Å². The van der Waals surface area contributed by atoms with Crippen molar-refractivity contribution < 1.29 is 14.3 Å². The molecule has 0 radical (unpaired) electrons. The van der Waals surface area contributed by atoms with Crippen LogP contribution in [0.1, 0.15) is 48.3 Å². The number of ketones is 1. The lowest BCUT2D eigenvalue weighted by molar-refractivity contribution is -0.119. The van der Waals surface area contributed by atoms with E-state index >= 15 is 0 Å². The molecule has 5 rings (SSSR count). The van der Waals surface area contributed by atoms with Crippen molar-refractivity contribution in [3.8, 4) is 5.75 Å². The van der Waals surface area contributed by atoms with Crippen molar-refractivity contribution in [2.24, 2.45) is 0 Å². The fourth-order valence-electron chi connectivity index (χ4n) is 4.86. The SMILES string of the molecule is Cc1ccc(N2C(=O)CC(c3ccc(OCc4cccc(Cl)c4)cc3)C3=C2CCCC3=O)cc1. The van der Waals surface area contributed by atoms with E-state index in [0.717, 1.165) is 52.2 Å². The lowest BCUT2D eigenvalue weighted by atomic mass is 9.77. The summed E-state index contributed by atoms with van der Waals surface area (Å²) in [4.78, 5) is 28.2. The highest BCUT2D eigenvalue weighted by Gasteiger charge is 2.39. The third kappa shape index (κ3) is 4.51. The number of nitrogens with zero attached hydrogens (tertiary/aromatic N) is 1. The molecular weight excluding hydrogens is 446 g/mol. The van der Waals surface area contributed by atoms with Gasteiger partial charge in [0.05, 0.1) is 0 Å². The highest BCUT2D eigenvalue weighted by Crippen LogP contribution is 2.43. The lowest BCUT2D eigenvalue weighted by Crippen LogP contribution is -2.40. The first-order valence-corrected chi connectivity index (χ1v) is 12.0. The summed E-state index contributed by atoms with van der Waals surface area (Å²) in [5, 5.41) is 0.680. The maximum atomic E-state index is 13.3. The molecule has 0 saturated carbocycles. The fraction of sp³-hybridized carbons (Fsp3) is 0.241. The minimum absolute atomic E-state index is 0.0311. The smallest absolute Gasteiger partial charge is 0.232 e. The molecule has 172 valence electrons. The quantitative estimate of drug-likeness (QED) is 0.413. The first-order valence-electron chi connectivity index (χ1n) is 11.6. The molecule has 0 bridgehead atoms. The molecule has 34 heavy (non-hydrogen) atoms. The second kappa shape index (κ2) is 9.47. The Balaban J connectivity index is 1.42. The Morgan fingerprint density at radius 3 is 2.47 bits per heavy atom. The molecule has 1 aliphatic carbocycles. The third-order valence-corrected chi connectivity index (χ3v) is 6.78. The van der Waals surface area contributed by atoms with Crippen LogP contribution in [-0.2, 0) is 16.2 Å².